The van der Waals surface area contributed by atoms with Gasteiger partial charge in [-0.3, -0.25) is 18.3 Å². The topological polar surface area (TPSA) is 66.2 Å². The van der Waals surface area contributed by atoms with Gasteiger partial charge in [0.15, 0.2) is 11.2 Å². The Morgan fingerprint density at radius 2 is 1.96 bits per heavy atom. The highest BCUT2D eigenvalue weighted by molar-refractivity contribution is 5.75. The van der Waals surface area contributed by atoms with Gasteiger partial charge in [-0.25, -0.2) is 4.79 Å². The zero-order valence-corrected chi connectivity index (χ0v) is 15.6. The highest BCUT2D eigenvalue weighted by atomic mass is 16.2. The lowest BCUT2D eigenvalue weighted by Gasteiger charge is -2.24. The van der Waals surface area contributed by atoms with Crippen molar-refractivity contribution in [2.75, 3.05) is 0 Å². The van der Waals surface area contributed by atoms with Crippen molar-refractivity contribution in [2.24, 2.45) is 7.05 Å². The third-order valence-corrected chi connectivity index (χ3v) is 5.53. The third kappa shape index (κ3) is 2.37. The lowest BCUT2D eigenvalue weighted by molar-refractivity contribution is 0.355. The molecule has 1 saturated carbocycles. The normalized spacial score (nSPS) is 16.4. The number of aromatic nitrogens is 5. The minimum atomic E-state index is -0.331. The highest BCUT2D eigenvalue weighted by Gasteiger charge is 2.24. The minimum absolute atomic E-state index is 0.271. The molecule has 1 fully saturated rings. The fourth-order valence-corrected chi connectivity index (χ4v) is 4.19. The van der Waals surface area contributed by atoms with Crippen molar-refractivity contribution in [2.45, 2.75) is 58.5 Å². The Morgan fingerprint density at radius 3 is 2.65 bits per heavy atom. The summed E-state index contributed by atoms with van der Waals surface area (Å²) in [5.41, 5.74) is 1.42. The van der Waals surface area contributed by atoms with E-state index >= 15 is 0 Å². The molecule has 0 aromatic carbocycles. The van der Waals surface area contributed by atoms with Crippen LogP contribution in [0.25, 0.3) is 16.9 Å². The van der Waals surface area contributed by atoms with E-state index in [0.29, 0.717) is 17.2 Å². The van der Waals surface area contributed by atoms with Crippen LogP contribution in [-0.4, -0.2) is 23.1 Å². The van der Waals surface area contributed by atoms with Crippen LogP contribution in [0.4, 0.5) is 0 Å². The van der Waals surface area contributed by atoms with Crippen LogP contribution in [0.2, 0.25) is 0 Å². The van der Waals surface area contributed by atoms with E-state index in [1.54, 1.807) is 7.05 Å². The summed E-state index contributed by atoms with van der Waals surface area (Å²) in [5.74, 6) is 0.764. The second-order valence-electron chi connectivity index (χ2n) is 7.21. The van der Waals surface area contributed by atoms with E-state index in [9.17, 15) is 9.59 Å². The van der Waals surface area contributed by atoms with Crippen LogP contribution in [-0.2, 0) is 13.6 Å². The summed E-state index contributed by atoms with van der Waals surface area (Å²) in [6.45, 7) is 4.21. The van der Waals surface area contributed by atoms with Gasteiger partial charge in [0, 0.05) is 31.5 Å². The van der Waals surface area contributed by atoms with Crippen LogP contribution in [0, 0.1) is 6.92 Å². The van der Waals surface area contributed by atoms with Crippen molar-refractivity contribution in [1.82, 2.24) is 23.1 Å². The number of hydrogen-bond donors (Lipinski definition) is 0. The molecule has 4 rings (SSSR count). The molecule has 7 heteroatoms. The number of fused-ring (bicyclic) bond motifs is 3. The van der Waals surface area contributed by atoms with E-state index in [0.717, 1.165) is 24.3 Å². The Morgan fingerprint density at radius 1 is 1.23 bits per heavy atom. The van der Waals surface area contributed by atoms with Crippen LogP contribution in [0.15, 0.2) is 27.9 Å². The zero-order chi connectivity index (χ0) is 18.4. The van der Waals surface area contributed by atoms with E-state index in [4.69, 9.17) is 4.98 Å². The van der Waals surface area contributed by atoms with Gasteiger partial charge in [-0.05, 0) is 26.7 Å². The average molecular weight is 355 g/mol. The molecular formula is C19H25N5O2. The van der Waals surface area contributed by atoms with Crippen LogP contribution >= 0.6 is 0 Å². The van der Waals surface area contributed by atoms with Gasteiger partial charge < -0.3 is 4.57 Å². The number of allylic oxidation sites excluding steroid dienone is 2. The fourth-order valence-electron chi connectivity index (χ4n) is 4.19. The second-order valence-corrected chi connectivity index (χ2v) is 7.21. The summed E-state index contributed by atoms with van der Waals surface area (Å²) in [6, 6.07) is 0.417. The predicted molar refractivity (Wildman–Crippen MR) is 102 cm³/mol. The van der Waals surface area contributed by atoms with Gasteiger partial charge in [0.2, 0.25) is 5.78 Å². The first-order chi connectivity index (χ1) is 12.5. The van der Waals surface area contributed by atoms with Crippen molar-refractivity contribution in [1.29, 1.82) is 0 Å². The maximum absolute atomic E-state index is 13.0. The molecule has 3 aromatic heterocycles. The van der Waals surface area contributed by atoms with Crippen molar-refractivity contribution in [3.05, 3.63) is 44.9 Å². The standard InChI is InChI=1S/C19H25N5O2/c1-4-5-11-22-17(25)15-16(21(3)19(22)26)20-18-23(15)12-13(2)24(18)14-9-7-6-8-10-14/h4-5,12,14H,6-11H2,1-3H3/b5-4+. The molecule has 3 heterocycles. The number of rotatable bonds is 3. The van der Waals surface area contributed by atoms with Gasteiger partial charge in [0.05, 0.1) is 0 Å². The number of imidazole rings is 2. The summed E-state index contributed by atoms with van der Waals surface area (Å²) in [7, 11) is 1.68. The molecule has 0 aliphatic heterocycles. The fraction of sp³-hybridized carbons (Fsp3) is 0.526. The monoisotopic (exact) mass is 355 g/mol. The first-order valence-electron chi connectivity index (χ1n) is 9.35. The van der Waals surface area contributed by atoms with E-state index in [-0.39, 0.29) is 17.8 Å². The second kappa shape index (κ2) is 6.30. The average Bonchev–Trinajstić information content (AvgIpc) is 3.15. The van der Waals surface area contributed by atoms with Gasteiger partial charge in [0.25, 0.3) is 5.56 Å². The van der Waals surface area contributed by atoms with Gasteiger partial charge >= 0.3 is 5.69 Å². The van der Waals surface area contributed by atoms with Gasteiger partial charge in [-0.15, -0.1) is 0 Å². The van der Waals surface area contributed by atoms with Crippen molar-refractivity contribution in [3.8, 4) is 0 Å². The lowest BCUT2D eigenvalue weighted by Crippen LogP contribution is -2.39. The van der Waals surface area contributed by atoms with Crippen LogP contribution in [0.5, 0.6) is 0 Å². The smallest absolute Gasteiger partial charge is 0.311 e. The molecule has 26 heavy (non-hydrogen) atoms. The molecule has 138 valence electrons. The molecule has 0 radical (unpaired) electrons. The van der Waals surface area contributed by atoms with E-state index in [1.807, 2.05) is 29.7 Å². The molecule has 0 atom stereocenters. The molecule has 7 nitrogen and oxygen atoms in total. The molecule has 0 spiro atoms. The maximum Gasteiger partial charge on any atom is 0.332 e. The molecule has 0 unspecified atom stereocenters. The molecule has 0 amide bonds. The van der Waals surface area contributed by atoms with Crippen molar-refractivity contribution < 1.29 is 0 Å². The molecule has 0 saturated heterocycles. The summed E-state index contributed by atoms with van der Waals surface area (Å²) < 4.78 is 6.87. The summed E-state index contributed by atoms with van der Waals surface area (Å²) in [4.78, 5) is 30.3. The van der Waals surface area contributed by atoms with Crippen LogP contribution in [0.3, 0.4) is 0 Å². The SMILES string of the molecule is C/C=C/Cn1c(=O)c2c(nc3n(C4CCCCC4)c(C)cn23)n(C)c1=O. The van der Waals surface area contributed by atoms with E-state index in [2.05, 4.69) is 11.5 Å². The first-order valence-corrected chi connectivity index (χ1v) is 9.35. The first kappa shape index (κ1) is 16.9. The van der Waals surface area contributed by atoms with Crippen LogP contribution < -0.4 is 11.2 Å². The van der Waals surface area contributed by atoms with E-state index < -0.39 is 0 Å². The summed E-state index contributed by atoms with van der Waals surface area (Å²) in [5, 5.41) is 0. The molecular weight excluding hydrogens is 330 g/mol. The number of hydrogen-bond acceptors (Lipinski definition) is 3. The van der Waals surface area contributed by atoms with Gasteiger partial charge in [-0.2, -0.15) is 4.98 Å². The number of aryl methyl sites for hydroxylation is 2. The Balaban J connectivity index is 2.03. The van der Waals surface area contributed by atoms with Crippen molar-refractivity contribution >= 4 is 16.9 Å². The summed E-state index contributed by atoms with van der Waals surface area (Å²) in [6.07, 6.45) is 11.6. The minimum Gasteiger partial charge on any atom is -0.311 e. The molecule has 3 aromatic rings. The predicted octanol–water partition coefficient (Wildman–Crippen LogP) is 2.54. The maximum atomic E-state index is 13.0. The van der Waals surface area contributed by atoms with Gasteiger partial charge in [-0.1, -0.05) is 31.4 Å². The largest absolute Gasteiger partial charge is 0.332 e. The highest BCUT2D eigenvalue weighted by Crippen LogP contribution is 2.31. The Labute approximate surface area is 151 Å². The molecule has 1 aliphatic carbocycles. The Bertz CT molecular complexity index is 1120. The molecule has 0 N–H and O–H groups in total. The zero-order valence-electron chi connectivity index (χ0n) is 15.6. The van der Waals surface area contributed by atoms with Crippen LogP contribution in [0.1, 0.15) is 50.8 Å². The van der Waals surface area contributed by atoms with Gasteiger partial charge in [0.1, 0.15) is 0 Å². The van der Waals surface area contributed by atoms with Crippen molar-refractivity contribution in [3.63, 3.8) is 0 Å². The Hall–Kier alpha value is -2.57. The quantitative estimate of drug-likeness (QED) is 0.678. The van der Waals surface area contributed by atoms with E-state index in [1.165, 1.54) is 28.4 Å². The number of nitrogens with zero attached hydrogens (tertiary/aromatic N) is 5. The molecule has 0 bridgehead atoms. The Kier molecular flexibility index (Phi) is 4.09. The molecule has 1 aliphatic rings. The lowest BCUT2D eigenvalue weighted by atomic mass is 9.95. The third-order valence-electron chi connectivity index (χ3n) is 5.53. The summed E-state index contributed by atoms with van der Waals surface area (Å²) >= 11 is 0.